The average Bonchev–Trinajstić information content (AvgIpc) is 2.71. The first-order valence-electron chi connectivity index (χ1n) is 12.3. The van der Waals surface area contributed by atoms with Gasteiger partial charge in [0.2, 0.25) is 0 Å². The van der Waals surface area contributed by atoms with E-state index in [1.165, 1.54) is 77.0 Å². The van der Waals surface area contributed by atoms with Gasteiger partial charge in [-0.1, -0.05) is 117 Å². The van der Waals surface area contributed by atoms with Gasteiger partial charge in [-0.2, -0.15) is 0 Å². The standard InChI is InChI=1S/C24H48N2O3/c1-3-5-7-9-11-13-15-17-19-21(25)23(27)29-24(28)22(26)20-18-16-14-12-10-8-6-4-2/h21-22H,3-20,25-26H2,1-2H3. The van der Waals surface area contributed by atoms with Crippen LogP contribution in [0.15, 0.2) is 0 Å². The van der Waals surface area contributed by atoms with Crippen LogP contribution >= 0.6 is 0 Å². The molecule has 0 heterocycles. The van der Waals surface area contributed by atoms with Crippen LogP contribution in [-0.2, 0) is 14.3 Å². The van der Waals surface area contributed by atoms with Gasteiger partial charge in [0, 0.05) is 0 Å². The second kappa shape index (κ2) is 20.3. The number of carbonyl (C=O) groups excluding carboxylic acids is 2. The Kier molecular flexibility index (Phi) is 19.7. The van der Waals surface area contributed by atoms with E-state index < -0.39 is 24.0 Å². The van der Waals surface area contributed by atoms with Crippen LogP contribution in [0.25, 0.3) is 0 Å². The van der Waals surface area contributed by atoms with Crippen molar-refractivity contribution >= 4 is 11.9 Å². The molecule has 5 heteroatoms. The van der Waals surface area contributed by atoms with Crippen molar-refractivity contribution < 1.29 is 14.3 Å². The Balaban J connectivity index is 3.70. The minimum atomic E-state index is -0.727. The SMILES string of the molecule is CCCCCCCCCCC(N)C(=O)OC(=O)C(N)CCCCCCCCCC. The zero-order chi connectivity index (χ0) is 21.7. The van der Waals surface area contributed by atoms with Gasteiger partial charge < -0.3 is 16.2 Å². The van der Waals surface area contributed by atoms with Gasteiger partial charge in [-0.15, -0.1) is 0 Å². The molecular formula is C24H48N2O3. The molecule has 5 nitrogen and oxygen atoms in total. The van der Waals surface area contributed by atoms with Gasteiger partial charge in [0.1, 0.15) is 12.1 Å². The maximum atomic E-state index is 12.0. The van der Waals surface area contributed by atoms with Gasteiger partial charge in [0.25, 0.3) is 0 Å². The topological polar surface area (TPSA) is 95.4 Å². The number of ether oxygens (including phenoxy) is 1. The second-order valence-electron chi connectivity index (χ2n) is 8.48. The highest BCUT2D eigenvalue weighted by molar-refractivity contribution is 5.90. The summed E-state index contributed by atoms with van der Waals surface area (Å²) in [7, 11) is 0. The Bertz CT molecular complexity index is 366. The van der Waals surface area contributed by atoms with Crippen LogP contribution in [0.4, 0.5) is 0 Å². The fourth-order valence-corrected chi connectivity index (χ4v) is 3.48. The molecule has 0 aliphatic rings. The summed E-state index contributed by atoms with van der Waals surface area (Å²) in [5.41, 5.74) is 11.7. The number of hydrogen-bond donors (Lipinski definition) is 2. The molecule has 2 unspecified atom stereocenters. The maximum absolute atomic E-state index is 12.0. The molecule has 2 atom stereocenters. The summed E-state index contributed by atoms with van der Waals surface area (Å²) in [6, 6.07) is -1.45. The molecule has 0 aromatic heterocycles. The van der Waals surface area contributed by atoms with Crippen LogP contribution in [0.5, 0.6) is 0 Å². The minimum Gasteiger partial charge on any atom is -0.391 e. The molecule has 0 rings (SSSR count). The monoisotopic (exact) mass is 412 g/mol. The highest BCUT2D eigenvalue weighted by Gasteiger charge is 2.22. The van der Waals surface area contributed by atoms with Crippen LogP contribution in [0.3, 0.4) is 0 Å². The molecule has 172 valence electrons. The Morgan fingerprint density at radius 3 is 1.14 bits per heavy atom. The van der Waals surface area contributed by atoms with Crippen molar-refractivity contribution in [2.75, 3.05) is 0 Å². The highest BCUT2D eigenvalue weighted by atomic mass is 16.6. The van der Waals surface area contributed by atoms with Crippen molar-refractivity contribution in [2.24, 2.45) is 11.5 Å². The molecule has 29 heavy (non-hydrogen) atoms. The third-order valence-corrected chi connectivity index (χ3v) is 5.54. The average molecular weight is 413 g/mol. The lowest BCUT2D eigenvalue weighted by atomic mass is 10.0. The summed E-state index contributed by atoms with van der Waals surface area (Å²) >= 11 is 0. The molecule has 0 saturated heterocycles. The minimum absolute atomic E-state index is 0.564. The fourth-order valence-electron chi connectivity index (χ4n) is 3.48. The fraction of sp³-hybridized carbons (Fsp3) is 0.917. The number of unbranched alkanes of at least 4 members (excludes halogenated alkanes) is 14. The number of carbonyl (C=O) groups is 2. The predicted octanol–water partition coefficient (Wildman–Crippen LogP) is 5.77. The molecule has 0 spiro atoms. The molecule has 0 amide bonds. The first kappa shape index (κ1) is 28.1. The molecule has 0 aromatic rings. The zero-order valence-electron chi connectivity index (χ0n) is 19.3. The molecule has 0 bridgehead atoms. The van der Waals surface area contributed by atoms with Gasteiger partial charge in [-0.3, -0.25) is 0 Å². The van der Waals surface area contributed by atoms with Crippen molar-refractivity contribution in [1.29, 1.82) is 0 Å². The van der Waals surface area contributed by atoms with E-state index in [4.69, 9.17) is 16.2 Å². The number of esters is 2. The molecule has 0 fully saturated rings. The number of nitrogens with two attached hydrogens (primary N) is 2. The molecular weight excluding hydrogens is 364 g/mol. The van der Waals surface area contributed by atoms with E-state index in [1.54, 1.807) is 0 Å². The molecule has 0 radical (unpaired) electrons. The van der Waals surface area contributed by atoms with E-state index in [2.05, 4.69) is 13.8 Å². The molecule has 0 aromatic carbocycles. The van der Waals surface area contributed by atoms with E-state index >= 15 is 0 Å². The van der Waals surface area contributed by atoms with Crippen LogP contribution < -0.4 is 11.5 Å². The van der Waals surface area contributed by atoms with E-state index in [0.29, 0.717) is 12.8 Å². The molecule has 0 aliphatic carbocycles. The smallest absolute Gasteiger partial charge is 0.330 e. The summed E-state index contributed by atoms with van der Waals surface area (Å²) in [6.45, 7) is 4.43. The summed E-state index contributed by atoms with van der Waals surface area (Å²) < 4.78 is 4.89. The third kappa shape index (κ3) is 17.6. The maximum Gasteiger partial charge on any atom is 0.330 e. The Hall–Kier alpha value is -0.940. The lowest BCUT2D eigenvalue weighted by Gasteiger charge is -2.13. The van der Waals surface area contributed by atoms with Gasteiger partial charge >= 0.3 is 11.9 Å². The largest absolute Gasteiger partial charge is 0.391 e. The van der Waals surface area contributed by atoms with Crippen molar-refractivity contribution in [3.8, 4) is 0 Å². The first-order chi connectivity index (χ1) is 14.0. The summed E-state index contributed by atoms with van der Waals surface area (Å²) in [6.07, 6.45) is 20.2. The van der Waals surface area contributed by atoms with E-state index in [9.17, 15) is 9.59 Å². The molecule has 0 saturated carbocycles. The Labute approximate surface area is 179 Å². The van der Waals surface area contributed by atoms with Crippen LogP contribution in [0.1, 0.15) is 129 Å². The molecule has 4 N–H and O–H groups in total. The van der Waals surface area contributed by atoms with Gasteiger partial charge in [0.15, 0.2) is 0 Å². The second-order valence-corrected chi connectivity index (χ2v) is 8.48. The highest BCUT2D eigenvalue weighted by Crippen LogP contribution is 2.12. The first-order valence-corrected chi connectivity index (χ1v) is 12.3. The van der Waals surface area contributed by atoms with Crippen LogP contribution in [-0.4, -0.2) is 24.0 Å². The van der Waals surface area contributed by atoms with E-state index in [-0.39, 0.29) is 0 Å². The number of rotatable bonds is 20. The van der Waals surface area contributed by atoms with E-state index in [0.717, 1.165) is 25.7 Å². The lowest BCUT2D eigenvalue weighted by Crippen LogP contribution is -2.39. The van der Waals surface area contributed by atoms with Crippen LogP contribution in [0, 0.1) is 0 Å². The van der Waals surface area contributed by atoms with Crippen molar-refractivity contribution in [3.05, 3.63) is 0 Å². The van der Waals surface area contributed by atoms with Crippen LogP contribution in [0.2, 0.25) is 0 Å². The van der Waals surface area contributed by atoms with E-state index in [1.807, 2.05) is 0 Å². The summed E-state index contributed by atoms with van der Waals surface area (Å²) in [5.74, 6) is -1.27. The van der Waals surface area contributed by atoms with Gasteiger partial charge in [0.05, 0.1) is 0 Å². The van der Waals surface area contributed by atoms with Gasteiger partial charge in [-0.25, -0.2) is 9.59 Å². The van der Waals surface area contributed by atoms with Gasteiger partial charge in [-0.05, 0) is 12.8 Å². The quantitative estimate of drug-likeness (QED) is 0.150. The van der Waals surface area contributed by atoms with Crippen molar-refractivity contribution in [3.63, 3.8) is 0 Å². The summed E-state index contributed by atoms with van der Waals surface area (Å²) in [5, 5.41) is 0. The Morgan fingerprint density at radius 2 is 0.828 bits per heavy atom. The van der Waals surface area contributed by atoms with Crippen molar-refractivity contribution in [2.45, 2.75) is 142 Å². The third-order valence-electron chi connectivity index (χ3n) is 5.54. The normalized spacial score (nSPS) is 13.2. The summed E-state index contributed by atoms with van der Waals surface area (Å²) in [4.78, 5) is 23.9. The molecule has 0 aliphatic heterocycles. The number of hydrogen-bond acceptors (Lipinski definition) is 5. The Morgan fingerprint density at radius 1 is 0.552 bits per heavy atom. The zero-order valence-corrected chi connectivity index (χ0v) is 19.3. The lowest BCUT2D eigenvalue weighted by molar-refractivity contribution is -0.161. The predicted molar refractivity (Wildman–Crippen MR) is 122 cm³/mol. The van der Waals surface area contributed by atoms with Crippen molar-refractivity contribution in [1.82, 2.24) is 0 Å².